The summed E-state index contributed by atoms with van der Waals surface area (Å²) in [6.45, 7) is 6.73. The van der Waals surface area contributed by atoms with Crippen LogP contribution in [0.25, 0.3) is 0 Å². The van der Waals surface area contributed by atoms with E-state index in [1.54, 1.807) is 0 Å². The molecule has 0 spiro atoms. The SMILES string of the molecule is Cc1nn(C)c(CC(N)C2CCC(C(C)C)CC2)c1Br. The van der Waals surface area contributed by atoms with E-state index in [9.17, 15) is 0 Å². The molecule has 1 unspecified atom stereocenters. The van der Waals surface area contributed by atoms with Crippen molar-refractivity contribution >= 4 is 15.9 Å². The third-order valence-electron chi connectivity index (χ3n) is 5.06. The molecule has 0 aromatic carbocycles. The van der Waals surface area contributed by atoms with Crippen LogP contribution in [0.4, 0.5) is 0 Å². The normalized spacial score (nSPS) is 25.1. The van der Waals surface area contributed by atoms with E-state index in [1.807, 2.05) is 18.7 Å². The summed E-state index contributed by atoms with van der Waals surface area (Å²) in [6, 6.07) is 0.259. The standard InChI is InChI=1S/C16H28BrN3/c1-10(2)12-5-7-13(8-6-12)14(18)9-15-16(17)11(3)19-20(15)4/h10,12-14H,5-9,18H2,1-4H3. The fraction of sp³-hybridized carbons (Fsp3) is 0.812. The molecule has 1 atom stereocenters. The molecule has 1 aliphatic carbocycles. The van der Waals surface area contributed by atoms with Crippen LogP contribution in [0.5, 0.6) is 0 Å². The van der Waals surface area contributed by atoms with Gasteiger partial charge in [-0.05, 0) is 66.3 Å². The molecule has 0 radical (unpaired) electrons. The Morgan fingerprint density at radius 2 is 1.80 bits per heavy atom. The Morgan fingerprint density at radius 3 is 2.25 bits per heavy atom. The van der Waals surface area contributed by atoms with Crippen LogP contribution in [0, 0.1) is 24.7 Å². The Hall–Kier alpha value is -0.350. The lowest BCUT2D eigenvalue weighted by molar-refractivity contribution is 0.202. The van der Waals surface area contributed by atoms with Crippen molar-refractivity contribution in [1.82, 2.24) is 9.78 Å². The van der Waals surface area contributed by atoms with Crippen molar-refractivity contribution in [3.63, 3.8) is 0 Å². The zero-order valence-corrected chi connectivity index (χ0v) is 14.8. The quantitative estimate of drug-likeness (QED) is 0.904. The summed E-state index contributed by atoms with van der Waals surface area (Å²) in [6.07, 6.45) is 6.20. The molecule has 1 heterocycles. The van der Waals surface area contributed by atoms with Crippen LogP contribution in [0.2, 0.25) is 0 Å². The van der Waals surface area contributed by atoms with Gasteiger partial charge >= 0.3 is 0 Å². The van der Waals surface area contributed by atoms with E-state index >= 15 is 0 Å². The van der Waals surface area contributed by atoms with Crippen molar-refractivity contribution < 1.29 is 0 Å². The molecule has 2 rings (SSSR count). The molecule has 20 heavy (non-hydrogen) atoms. The molecule has 0 bridgehead atoms. The van der Waals surface area contributed by atoms with Crippen molar-refractivity contribution in [2.24, 2.45) is 30.5 Å². The Balaban J connectivity index is 1.94. The van der Waals surface area contributed by atoms with Crippen LogP contribution < -0.4 is 5.73 Å². The molecule has 2 N–H and O–H groups in total. The van der Waals surface area contributed by atoms with Gasteiger partial charge in [-0.15, -0.1) is 0 Å². The summed E-state index contributed by atoms with van der Waals surface area (Å²) in [7, 11) is 2.01. The first kappa shape index (κ1) is 16.0. The van der Waals surface area contributed by atoms with Gasteiger partial charge in [0.2, 0.25) is 0 Å². The van der Waals surface area contributed by atoms with Gasteiger partial charge in [0.25, 0.3) is 0 Å². The van der Waals surface area contributed by atoms with E-state index in [-0.39, 0.29) is 6.04 Å². The molecule has 1 aromatic rings. The number of halogens is 1. The molecule has 3 nitrogen and oxygen atoms in total. The lowest BCUT2D eigenvalue weighted by Gasteiger charge is -2.34. The first-order valence-electron chi connectivity index (χ1n) is 7.83. The second-order valence-electron chi connectivity index (χ2n) is 6.76. The molecular formula is C16H28BrN3. The Kier molecular flexibility index (Phi) is 5.30. The number of nitrogens with zero attached hydrogens (tertiary/aromatic N) is 2. The Bertz CT molecular complexity index is 445. The summed E-state index contributed by atoms with van der Waals surface area (Å²) in [5.41, 5.74) is 8.78. The van der Waals surface area contributed by atoms with Crippen molar-refractivity contribution in [3.8, 4) is 0 Å². The highest BCUT2D eigenvalue weighted by Crippen LogP contribution is 2.35. The summed E-state index contributed by atoms with van der Waals surface area (Å²) in [5.74, 6) is 2.40. The van der Waals surface area contributed by atoms with Crippen LogP contribution in [0.1, 0.15) is 50.9 Å². The molecule has 114 valence electrons. The Morgan fingerprint density at radius 1 is 1.25 bits per heavy atom. The van der Waals surface area contributed by atoms with Crippen molar-refractivity contribution in [3.05, 3.63) is 15.9 Å². The van der Waals surface area contributed by atoms with Crippen LogP contribution >= 0.6 is 15.9 Å². The molecule has 4 heteroatoms. The minimum atomic E-state index is 0.259. The van der Waals surface area contributed by atoms with E-state index in [0.29, 0.717) is 5.92 Å². The molecule has 0 saturated heterocycles. The third kappa shape index (κ3) is 3.45. The number of hydrogen-bond donors (Lipinski definition) is 1. The average Bonchev–Trinajstić information content (AvgIpc) is 2.65. The summed E-state index contributed by atoms with van der Waals surface area (Å²) in [4.78, 5) is 0. The highest BCUT2D eigenvalue weighted by Gasteiger charge is 2.28. The molecule has 1 fully saturated rings. The van der Waals surface area contributed by atoms with Crippen LogP contribution in [-0.2, 0) is 13.5 Å². The molecule has 1 aromatic heterocycles. The van der Waals surface area contributed by atoms with Crippen LogP contribution in [-0.4, -0.2) is 15.8 Å². The molecule has 0 amide bonds. The van der Waals surface area contributed by atoms with Gasteiger partial charge in [-0.3, -0.25) is 4.68 Å². The van der Waals surface area contributed by atoms with Crippen molar-refractivity contribution in [2.45, 2.75) is 58.9 Å². The highest BCUT2D eigenvalue weighted by molar-refractivity contribution is 9.10. The van der Waals surface area contributed by atoms with Crippen molar-refractivity contribution in [1.29, 1.82) is 0 Å². The second-order valence-corrected chi connectivity index (χ2v) is 7.55. The Labute approximate surface area is 131 Å². The van der Waals surface area contributed by atoms with Gasteiger partial charge in [0.05, 0.1) is 15.9 Å². The topological polar surface area (TPSA) is 43.8 Å². The monoisotopic (exact) mass is 341 g/mol. The van der Waals surface area contributed by atoms with Crippen LogP contribution in [0.15, 0.2) is 4.47 Å². The maximum Gasteiger partial charge on any atom is 0.0738 e. The zero-order valence-electron chi connectivity index (χ0n) is 13.2. The summed E-state index contributed by atoms with van der Waals surface area (Å²) >= 11 is 3.64. The average molecular weight is 342 g/mol. The fourth-order valence-electron chi connectivity index (χ4n) is 3.53. The fourth-order valence-corrected chi connectivity index (χ4v) is 4.03. The minimum absolute atomic E-state index is 0.259. The van der Waals surface area contributed by atoms with Gasteiger partial charge in [-0.2, -0.15) is 5.10 Å². The largest absolute Gasteiger partial charge is 0.327 e. The molecular weight excluding hydrogens is 314 g/mol. The van der Waals surface area contributed by atoms with E-state index in [4.69, 9.17) is 5.73 Å². The van der Waals surface area contributed by atoms with Gasteiger partial charge in [-0.1, -0.05) is 13.8 Å². The number of nitrogens with two attached hydrogens (primary N) is 1. The van der Waals surface area contributed by atoms with E-state index in [0.717, 1.165) is 28.4 Å². The summed E-state index contributed by atoms with van der Waals surface area (Å²) in [5, 5.41) is 4.46. The van der Waals surface area contributed by atoms with E-state index in [2.05, 4.69) is 34.9 Å². The third-order valence-corrected chi connectivity index (χ3v) is 6.09. The first-order valence-corrected chi connectivity index (χ1v) is 8.63. The number of aromatic nitrogens is 2. The second kappa shape index (κ2) is 6.61. The lowest BCUT2D eigenvalue weighted by atomic mass is 9.74. The predicted octanol–water partition coefficient (Wildman–Crippen LogP) is 3.82. The van der Waals surface area contributed by atoms with E-state index < -0.39 is 0 Å². The summed E-state index contributed by atoms with van der Waals surface area (Å²) < 4.78 is 3.10. The number of hydrogen-bond acceptors (Lipinski definition) is 2. The minimum Gasteiger partial charge on any atom is -0.327 e. The van der Waals surface area contributed by atoms with Crippen molar-refractivity contribution in [2.75, 3.05) is 0 Å². The van der Waals surface area contributed by atoms with E-state index in [1.165, 1.54) is 31.4 Å². The molecule has 1 aliphatic rings. The first-order chi connectivity index (χ1) is 9.40. The van der Waals surface area contributed by atoms with Gasteiger partial charge in [0.1, 0.15) is 0 Å². The van der Waals surface area contributed by atoms with Gasteiger partial charge in [0, 0.05) is 19.5 Å². The molecule has 0 aliphatic heterocycles. The maximum atomic E-state index is 6.49. The smallest absolute Gasteiger partial charge is 0.0738 e. The van der Waals surface area contributed by atoms with Gasteiger partial charge in [-0.25, -0.2) is 0 Å². The highest BCUT2D eigenvalue weighted by atomic mass is 79.9. The predicted molar refractivity (Wildman–Crippen MR) is 87.6 cm³/mol. The maximum absolute atomic E-state index is 6.49. The van der Waals surface area contributed by atoms with Gasteiger partial charge in [0.15, 0.2) is 0 Å². The lowest BCUT2D eigenvalue weighted by Crippen LogP contribution is -2.36. The number of rotatable bonds is 4. The molecule has 1 saturated carbocycles. The number of aryl methyl sites for hydroxylation is 2. The van der Waals surface area contributed by atoms with Gasteiger partial charge < -0.3 is 5.73 Å². The van der Waals surface area contributed by atoms with Crippen LogP contribution in [0.3, 0.4) is 0 Å². The zero-order chi connectivity index (χ0) is 14.9.